The quantitative estimate of drug-likeness (QED) is 0.244. The maximum atomic E-state index is 4.80. The van der Waals surface area contributed by atoms with E-state index in [2.05, 4.69) is 54.8 Å². The number of nitrogens with zero attached hydrogens (tertiary/aromatic N) is 5. The summed E-state index contributed by atoms with van der Waals surface area (Å²) >= 11 is 0.194. The molecule has 8 heteroatoms. The molecule has 0 aliphatic heterocycles. The van der Waals surface area contributed by atoms with Crippen molar-refractivity contribution in [3.8, 4) is 0 Å². The molecule has 1 aromatic heterocycles. The Morgan fingerprint density at radius 1 is 0.727 bits per heavy atom. The molecule has 0 aliphatic carbocycles. The van der Waals surface area contributed by atoms with Crippen molar-refractivity contribution in [2.45, 2.75) is 53.4 Å². The Labute approximate surface area is 211 Å². The molecule has 0 aliphatic rings. The average Bonchev–Trinajstić information content (AvgIpc) is 2.80. The van der Waals surface area contributed by atoms with Crippen molar-refractivity contribution in [2.75, 3.05) is 0 Å². The van der Waals surface area contributed by atoms with Gasteiger partial charge in [0, 0.05) is 0 Å². The van der Waals surface area contributed by atoms with Crippen LogP contribution < -0.4 is 0 Å². The van der Waals surface area contributed by atoms with Crippen LogP contribution in [0.25, 0.3) is 0 Å². The van der Waals surface area contributed by atoms with E-state index in [9.17, 15) is 0 Å². The standard InChI is InChI=1S/C25H29N5.2ClH.Fe/c1-16(2)20-11-7-9-13-22(20)28-18(5)24-26-15-27-25(30-24)19(6)29-23-14-10-8-12-21(23)17(3)4;;;/h7-17H,1-6H3;2*1H;/q;;;+2/p-2. The Morgan fingerprint density at radius 3 is 1.45 bits per heavy atom. The van der Waals surface area contributed by atoms with Crippen LogP contribution in [0.3, 0.4) is 0 Å². The molecule has 5 nitrogen and oxygen atoms in total. The summed E-state index contributed by atoms with van der Waals surface area (Å²) in [4.78, 5) is 22.9. The summed E-state index contributed by atoms with van der Waals surface area (Å²) in [7, 11) is 9.53. The average molecular weight is 526 g/mol. The van der Waals surface area contributed by atoms with Gasteiger partial charge in [-0.15, -0.1) is 0 Å². The number of rotatable bonds is 6. The van der Waals surface area contributed by atoms with Crippen LogP contribution in [-0.4, -0.2) is 26.4 Å². The first kappa shape index (κ1) is 27.1. The molecular formula is C25H29Cl2FeN5. The Bertz CT molecular complexity index is 1030. The van der Waals surface area contributed by atoms with Gasteiger partial charge in [0.1, 0.15) is 6.33 Å². The van der Waals surface area contributed by atoms with Crippen LogP contribution in [0.1, 0.15) is 76.2 Å². The molecule has 2 aromatic carbocycles. The fraction of sp³-hybridized carbons (Fsp3) is 0.320. The van der Waals surface area contributed by atoms with Gasteiger partial charge in [0.2, 0.25) is 0 Å². The number of halogens is 2. The van der Waals surface area contributed by atoms with Crippen molar-refractivity contribution in [1.29, 1.82) is 0 Å². The predicted molar refractivity (Wildman–Crippen MR) is 136 cm³/mol. The fourth-order valence-corrected chi connectivity index (χ4v) is 3.26. The Balaban J connectivity index is 0.00000122. The van der Waals surface area contributed by atoms with Gasteiger partial charge in [-0.25, -0.2) is 24.9 Å². The first-order chi connectivity index (χ1) is 15.8. The van der Waals surface area contributed by atoms with Crippen molar-refractivity contribution < 1.29 is 13.1 Å². The molecule has 0 atom stereocenters. The van der Waals surface area contributed by atoms with Gasteiger partial charge in [-0.2, -0.15) is 0 Å². The van der Waals surface area contributed by atoms with Crippen molar-refractivity contribution >= 4 is 43.0 Å². The van der Waals surface area contributed by atoms with Gasteiger partial charge in [0.05, 0.1) is 22.8 Å². The SMILES string of the molecule is CC(=Nc1ccccc1C(C)C)c1ncnc(C(C)=Nc2ccccc2C(C)C)n1.[Cl][Fe][Cl]. The molecule has 33 heavy (non-hydrogen) atoms. The third-order valence-electron chi connectivity index (χ3n) is 4.91. The zero-order valence-corrected chi connectivity index (χ0v) is 22.3. The van der Waals surface area contributed by atoms with Crippen molar-refractivity contribution in [1.82, 2.24) is 15.0 Å². The molecule has 0 amide bonds. The molecule has 0 saturated carbocycles. The second-order valence-corrected chi connectivity index (χ2v) is 9.83. The minimum atomic E-state index is 0.194. The van der Waals surface area contributed by atoms with E-state index in [1.54, 1.807) is 0 Å². The Morgan fingerprint density at radius 2 is 1.09 bits per heavy atom. The summed E-state index contributed by atoms with van der Waals surface area (Å²) in [6.45, 7) is 12.5. The van der Waals surface area contributed by atoms with Gasteiger partial charge in [-0.05, 0) is 48.9 Å². The zero-order chi connectivity index (χ0) is 24.4. The molecular weight excluding hydrogens is 497 g/mol. The molecule has 0 bridgehead atoms. The van der Waals surface area contributed by atoms with Crippen molar-refractivity contribution in [3.05, 3.63) is 77.6 Å². The van der Waals surface area contributed by atoms with Gasteiger partial charge in [-0.1, -0.05) is 64.1 Å². The number of aliphatic imine (C=N–C) groups is 2. The first-order valence-electron chi connectivity index (χ1n) is 10.6. The normalized spacial score (nSPS) is 12.2. The van der Waals surface area contributed by atoms with E-state index in [1.807, 2.05) is 50.2 Å². The molecule has 0 N–H and O–H groups in total. The summed E-state index contributed by atoms with van der Waals surface area (Å²) in [6, 6.07) is 16.4. The molecule has 0 unspecified atom stereocenters. The fourth-order valence-electron chi connectivity index (χ4n) is 3.26. The summed E-state index contributed by atoms with van der Waals surface area (Å²) in [5.74, 6) is 1.90. The van der Waals surface area contributed by atoms with Crippen LogP contribution in [0.4, 0.5) is 11.4 Å². The summed E-state index contributed by atoms with van der Waals surface area (Å²) < 4.78 is 0. The molecule has 0 saturated heterocycles. The van der Waals surface area contributed by atoms with Gasteiger partial charge in [0.15, 0.2) is 11.6 Å². The Kier molecular flexibility index (Phi) is 11.2. The molecule has 0 radical (unpaired) electrons. The van der Waals surface area contributed by atoms with Crippen LogP contribution in [0.15, 0.2) is 64.8 Å². The predicted octanol–water partition coefficient (Wildman–Crippen LogP) is 7.78. The van der Waals surface area contributed by atoms with E-state index < -0.39 is 0 Å². The second-order valence-electron chi connectivity index (χ2n) is 8.00. The number of para-hydroxylation sites is 2. The molecule has 3 rings (SSSR count). The minimum absolute atomic E-state index is 0.194. The Hall–Kier alpha value is -2.11. The van der Waals surface area contributed by atoms with E-state index >= 15 is 0 Å². The maximum absolute atomic E-state index is 4.80. The van der Waals surface area contributed by atoms with Crippen LogP contribution in [-0.2, 0) is 13.1 Å². The van der Waals surface area contributed by atoms with Crippen LogP contribution in [0.2, 0.25) is 0 Å². The number of benzene rings is 2. The van der Waals surface area contributed by atoms with E-state index in [0.717, 1.165) is 22.8 Å². The van der Waals surface area contributed by atoms with Gasteiger partial charge >= 0.3 is 33.3 Å². The molecule has 1 heterocycles. The number of hydrogen-bond acceptors (Lipinski definition) is 5. The van der Waals surface area contributed by atoms with Gasteiger partial charge in [0.25, 0.3) is 0 Å². The second kappa shape index (κ2) is 13.6. The third-order valence-corrected chi connectivity index (χ3v) is 4.91. The van der Waals surface area contributed by atoms with E-state index in [0.29, 0.717) is 23.5 Å². The van der Waals surface area contributed by atoms with E-state index in [-0.39, 0.29) is 13.1 Å². The topological polar surface area (TPSA) is 63.4 Å². The molecule has 176 valence electrons. The summed E-state index contributed by atoms with van der Waals surface area (Å²) in [5.41, 5.74) is 5.80. The van der Waals surface area contributed by atoms with Crippen molar-refractivity contribution in [2.24, 2.45) is 9.98 Å². The summed E-state index contributed by atoms with van der Waals surface area (Å²) in [5, 5.41) is 0. The van der Waals surface area contributed by atoms with Crippen LogP contribution >= 0.6 is 20.2 Å². The van der Waals surface area contributed by atoms with E-state index in [4.69, 9.17) is 30.2 Å². The first-order valence-corrected chi connectivity index (χ1v) is 13.7. The van der Waals surface area contributed by atoms with Crippen molar-refractivity contribution in [3.63, 3.8) is 0 Å². The zero-order valence-electron chi connectivity index (χ0n) is 19.7. The molecule has 3 aromatic rings. The number of hydrogen-bond donors (Lipinski definition) is 0. The summed E-state index contributed by atoms with van der Waals surface area (Å²) in [6.07, 6.45) is 1.53. The monoisotopic (exact) mass is 525 g/mol. The van der Waals surface area contributed by atoms with Crippen LogP contribution in [0.5, 0.6) is 0 Å². The van der Waals surface area contributed by atoms with Crippen LogP contribution in [0, 0.1) is 0 Å². The number of aromatic nitrogens is 3. The molecule has 0 spiro atoms. The van der Waals surface area contributed by atoms with Gasteiger partial charge < -0.3 is 0 Å². The third kappa shape index (κ3) is 8.01. The van der Waals surface area contributed by atoms with E-state index in [1.165, 1.54) is 17.5 Å². The molecule has 0 fully saturated rings. The van der Waals surface area contributed by atoms with Gasteiger partial charge in [-0.3, -0.25) is 0 Å².